The normalized spacial score (nSPS) is 12.2. The Morgan fingerprint density at radius 3 is 1.28 bits per heavy atom. The van der Waals surface area contributed by atoms with Crippen LogP contribution in [0.5, 0.6) is 0 Å². The molecule has 0 aliphatic carbocycles. The van der Waals surface area contributed by atoms with Crippen LogP contribution in [0.2, 0.25) is 0 Å². The molecule has 2 rings (SSSR count). The fraction of sp³-hybridized carbons (Fsp3) is 0.400. The van der Waals surface area contributed by atoms with E-state index in [1.165, 1.54) is 26.0 Å². The molecule has 0 radical (unpaired) electrons. The van der Waals surface area contributed by atoms with E-state index in [-0.39, 0.29) is 37.3 Å². The maximum absolute atomic E-state index is 12.2. The molecule has 0 atom stereocenters. The molecule has 0 saturated heterocycles. The number of carbonyl (C=O) groups excluding carboxylic acids is 2. The van der Waals surface area contributed by atoms with Gasteiger partial charge < -0.3 is 11.5 Å². The first-order valence-corrected chi connectivity index (χ1v) is 20.0. The molecule has 13 nitrogen and oxygen atoms in total. The van der Waals surface area contributed by atoms with Gasteiger partial charge in [0.1, 0.15) is 0 Å². The summed E-state index contributed by atoms with van der Waals surface area (Å²) in [6, 6.07) is 4.49. The number of halogens is 1. The number of benzene rings is 2. The van der Waals surface area contributed by atoms with Crippen LogP contribution in [0, 0.1) is 0 Å². The summed E-state index contributed by atoms with van der Waals surface area (Å²) in [4.78, 5) is 25.4. The topological polar surface area (TPSA) is 235 Å². The van der Waals surface area contributed by atoms with Gasteiger partial charge in [-0.2, -0.15) is 4.99 Å². The lowest BCUT2D eigenvalue weighted by atomic mass is 10.0. The predicted molar refractivity (Wildman–Crippen MR) is 164 cm³/mol. The maximum atomic E-state index is 12.2. The van der Waals surface area contributed by atoms with E-state index in [0.29, 0.717) is 24.0 Å². The summed E-state index contributed by atoms with van der Waals surface area (Å²) >= 11 is 5.43. The lowest BCUT2D eigenvalue weighted by Crippen LogP contribution is -2.24. The van der Waals surface area contributed by atoms with E-state index < -0.39 is 61.4 Å². The monoisotopic (exact) mass is 699 g/mol. The lowest BCUT2D eigenvalue weighted by molar-refractivity contribution is 0.100. The molecule has 18 heteroatoms. The number of aliphatic imine (C=N–C) groups is 1. The zero-order valence-corrected chi connectivity index (χ0v) is 28.4. The number of carbonyl (C=O) groups is 2. The van der Waals surface area contributed by atoms with E-state index in [1.807, 2.05) is 0 Å². The van der Waals surface area contributed by atoms with Gasteiger partial charge in [0.2, 0.25) is 0 Å². The van der Waals surface area contributed by atoms with E-state index in [9.17, 15) is 43.3 Å². The molecule has 0 spiro atoms. The van der Waals surface area contributed by atoms with Crippen LogP contribution in [0.4, 0.5) is 0 Å². The minimum atomic E-state index is -3.88. The van der Waals surface area contributed by atoms with Gasteiger partial charge in [0.15, 0.2) is 45.3 Å². The Balaban J connectivity index is 0.000000434. The van der Waals surface area contributed by atoms with Crippen LogP contribution < -0.4 is 11.5 Å². The first kappa shape index (κ1) is 38.2. The summed E-state index contributed by atoms with van der Waals surface area (Å²) in [7, 11) is -15.2. The summed E-state index contributed by atoms with van der Waals surface area (Å²) in [6.07, 6.45) is 2.43. The molecular formula is C25H34ClN3O10S4. The van der Waals surface area contributed by atoms with Gasteiger partial charge in [-0.05, 0) is 59.8 Å². The summed E-state index contributed by atoms with van der Waals surface area (Å²) in [5, 5.41) is -0.813. The standard InChI is InChI=1S/C13H19N3O5S2.C12H15ClO5S2/c1-4-8-6-11(23(20,21)5-2)10(22(3,18)19)7-9(8)12(17)16-13(14)15;1-4-8-6-11(20(17,18)5-2)10(19(3,15)16)7-9(8)12(13)14/h6-7H,4-5H2,1-3H3,(H4,14,15,16,17);6-7H,4-5H2,1-3H3. The smallest absolute Gasteiger partial charge is 0.280 e. The van der Waals surface area contributed by atoms with E-state index in [0.717, 1.165) is 24.6 Å². The molecule has 0 aliphatic rings. The summed E-state index contributed by atoms with van der Waals surface area (Å²) < 4.78 is 95.9. The Hall–Kier alpha value is -2.86. The lowest BCUT2D eigenvalue weighted by Gasteiger charge is -2.13. The zero-order valence-electron chi connectivity index (χ0n) is 24.3. The van der Waals surface area contributed by atoms with Crippen molar-refractivity contribution in [2.45, 2.75) is 60.1 Å². The first-order valence-electron chi connectivity index (χ1n) is 12.5. The number of hydrogen-bond donors (Lipinski definition) is 2. The van der Waals surface area contributed by atoms with Crippen molar-refractivity contribution in [2.24, 2.45) is 16.5 Å². The molecule has 0 fully saturated rings. The van der Waals surface area contributed by atoms with Crippen molar-refractivity contribution in [3.05, 3.63) is 46.5 Å². The number of rotatable bonds is 10. The van der Waals surface area contributed by atoms with Crippen molar-refractivity contribution in [3.63, 3.8) is 0 Å². The van der Waals surface area contributed by atoms with Crippen LogP contribution in [-0.2, 0) is 52.2 Å². The number of sulfone groups is 4. The van der Waals surface area contributed by atoms with Crippen LogP contribution in [0.1, 0.15) is 59.5 Å². The molecule has 0 bridgehead atoms. The second-order valence-corrected chi connectivity index (χ2v) is 17.9. The van der Waals surface area contributed by atoms with E-state index in [4.69, 9.17) is 23.1 Å². The number of nitrogens with zero attached hydrogens (tertiary/aromatic N) is 1. The van der Waals surface area contributed by atoms with E-state index in [2.05, 4.69) is 4.99 Å². The Labute approximate surface area is 257 Å². The van der Waals surface area contributed by atoms with Crippen molar-refractivity contribution >= 4 is 68.1 Å². The fourth-order valence-corrected chi connectivity index (χ4v) is 9.08. The molecule has 2 aromatic carbocycles. The quantitative estimate of drug-likeness (QED) is 0.205. The van der Waals surface area contributed by atoms with E-state index >= 15 is 0 Å². The summed E-state index contributed by atoms with van der Waals surface area (Å²) in [5.74, 6) is -1.79. The number of hydrogen-bond acceptors (Lipinski definition) is 10. The maximum Gasteiger partial charge on any atom is 0.280 e. The molecule has 1 amide bonds. The first-order chi connectivity index (χ1) is 19.5. The highest BCUT2D eigenvalue weighted by Crippen LogP contribution is 2.29. The highest BCUT2D eigenvalue weighted by molar-refractivity contribution is 7.94. The molecule has 240 valence electrons. The van der Waals surface area contributed by atoms with Gasteiger partial charge in [-0.1, -0.05) is 27.7 Å². The fourth-order valence-electron chi connectivity index (χ4n) is 3.73. The predicted octanol–water partition coefficient (Wildman–Crippen LogP) is 1.68. The second kappa shape index (κ2) is 14.3. The van der Waals surface area contributed by atoms with Crippen molar-refractivity contribution in [3.8, 4) is 0 Å². The SMILES string of the molecule is CCc1cc(S(=O)(=O)CC)c(S(C)(=O)=O)cc1C(=O)Cl.CCc1cc(S(=O)(=O)CC)c(S(C)(=O)=O)cc1C(=O)N=C(N)N. The number of amides is 1. The average molecular weight is 700 g/mol. The van der Waals surface area contributed by atoms with Gasteiger partial charge in [-0.3, -0.25) is 9.59 Å². The van der Waals surface area contributed by atoms with Crippen LogP contribution in [-0.4, -0.2) is 74.8 Å². The van der Waals surface area contributed by atoms with Gasteiger partial charge in [0.05, 0.1) is 31.1 Å². The molecule has 43 heavy (non-hydrogen) atoms. The van der Waals surface area contributed by atoms with Gasteiger partial charge in [0, 0.05) is 23.6 Å². The van der Waals surface area contributed by atoms with Crippen molar-refractivity contribution in [2.75, 3.05) is 24.0 Å². The highest BCUT2D eigenvalue weighted by atomic mass is 35.5. The molecule has 2 aromatic rings. The molecular weight excluding hydrogens is 666 g/mol. The Bertz CT molecular complexity index is 1900. The third-order valence-electron chi connectivity index (χ3n) is 6.00. The molecule has 4 N–H and O–H groups in total. The van der Waals surface area contributed by atoms with Crippen molar-refractivity contribution in [1.29, 1.82) is 0 Å². The average Bonchev–Trinajstić information content (AvgIpc) is 2.90. The van der Waals surface area contributed by atoms with Gasteiger partial charge >= 0.3 is 0 Å². The van der Waals surface area contributed by atoms with Gasteiger partial charge in [-0.25, -0.2) is 33.7 Å². The highest BCUT2D eigenvalue weighted by Gasteiger charge is 2.27. The molecule has 0 heterocycles. The molecule has 0 unspecified atom stereocenters. The van der Waals surface area contributed by atoms with Crippen LogP contribution in [0.3, 0.4) is 0 Å². The third kappa shape index (κ3) is 9.56. The Kier molecular flexibility index (Phi) is 12.7. The minimum Gasteiger partial charge on any atom is -0.370 e. The molecule has 0 aromatic heterocycles. The summed E-state index contributed by atoms with van der Waals surface area (Å²) in [5.41, 5.74) is 11.0. The number of nitrogens with two attached hydrogens (primary N) is 2. The number of guanidine groups is 1. The molecule has 0 aliphatic heterocycles. The largest absolute Gasteiger partial charge is 0.370 e. The van der Waals surface area contributed by atoms with Crippen molar-refractivity contribution in [1.82, 2.24) is 0 Å². The van der Waals surface area contributed by atoms with E-state index in [1.54, 1.807) is 13.8 Å². The van der Waals surface area contributed by atoms with Crippen molar-refractivity contribution < 1.29 is 43.3 Å². The van der Waals surface area contributed by atoms with Gasteiger partial charge in [-0.15, -0.1) is 0 Å². The Morgan fingerprint density at radius 2 is 1.00 bits per heavy atom. The third-order valence-corrected chi connectivity index (χ3v) is 12.3. The Morgan fingerprint density at radius 1 is 0.651 bits per heavy atom. The molecule has 0 saturated carbocycles. The second-order valence-electron chi connectivity index (χ2n) is 9.09. The van der Waals surface area contributed by atoms with Crippen LogP contribution >= 0.6 is 11.6 Å². The van der Waals surface area contributed by atoms with Crippen LogP contribution in [0.15, 0.2) is 48.8 Å². The summed E-state index contributed by atoms with van der Waals surface area (Å²) in [6.45, 7) is 6.25. The minimum absolute atomic E-state index is 0.0182. The van der Waals surface area contributed by atoms with Crippen LogP contribution in [0.25, 0.3) is 0 Å². The number of aryl methyl sites for hydroxylation is 2. The van der Waals surface area contributed by atoms with Gasteiger partial charge in [0.25, 0.3) is 11.1 Å². The zero-order chi connectivity index (χ0) is 33.7.